The number of aromatic nitrogens is 1. The maximum Gasteiger partial charge on any atom is 0.128 e. The first-order valence-corrected chi connectivity index (χ1v) is 11.8. The highest BCUT2D eigenvalue weighted by molar-refractivity contribution is 5.43. The van der Waals surface area contributed by atoms with Crippen molar-refractivity contribution in [3.63, 3.8) is 0 Å². The van der Waals surface area contributed by atoms with Crippen LogP contribution >= 0.6 is 0 Å². The Morgan fingerprint density at radius 1 is 1.14 bits per heavy atom. The van der Waals surface area contributed by atoms with E-state index in [0.29, 0.717) is 0 Å². The van der Waals surface area contributed by atoms with E-state index in [1.54, 1.807) is 0 Å². The van der Waals surface area contributed by atoms with Crippen LogP contribution in [0.4, 0.5) is 5.82 Å². The normalized spacial score (nSPS) is 33.2. The van der Waals surface area contributed by atoms with E-state index in [2.05, 4.69) is 21.9 Å². The van der Waals surface area contributed by atoms with Crippen LogP contribution in [0.25, 0.3) is 0 Å². The van der Waals surface area contributed by atoms with Crippen LogP contribution in [0.5, 0.6) is 0 Å². The molecule has 0 amide bonds. The highest BCUT2D eigenvalue weighted by Crippen LogP contribution is 2.48. The number of fused-ring (bicyclic) bond motifs is 2. The molecule has 2 aliphatic heterocycles. The van der Waals surface area contributed by atoms with Gasteiger partial charge in [0, 0.05) is 50.4 Å². The largest absolute Gasteiger partial charge is 0.384 e. The van der Waals surface area contributed by atoms with Gasteiger partial charge in [0.1, 0.15) is 5.82 Å². The number of hydrogen-bond acceptors (Lipinski definition) is 5. The lowest BCUT2D eigenvalue weighted by Crippen LogP contribution is -2.57. The molecule has 2 aliphatic carbocycles. The van der Waals surface area contributed by atoms with E-state index in [9.17, 15) is 0 Å². The summed E-state index contributed by atoms with van der Waals surface area (Å²) in [5.41, 5.74) is 3.12. The molecule has 3 atom stereocenters. The number of hydrogen-bond donors (Lipinski definition) is 0. The first-order chi connectivity index (χ1) is 14.3. The van der Waals surface area contributed by atoms with Gasteiger partial charge >= 0.3 is 0 Å². The monoisotopic (exact) mass is 399 g/mol. The zero-order valence-corrected chi connectivity index (χ0v) is 18.1. The van der Waals surface area contributed by atoms with Crippen molar-refractivity contribution in [1.82, 2.24) is 9.88 Å². The Morgan fingerprint density at radius 3 is 2.86 bits per heavy atom. The van der Waals surface area contributed by atoms with Crippen LogP contribution < -0.4 is 4.90 Å². The highest BCUT2D eigenvalue weighted by Gasteiger charge is 2.48. The molecule has 1 saturated carbocycles. The molecule has 1 aromatic rings. The summed E-state index contributed by atoms with van der Waals surface area (Å²) in [5, 5.41) is 0. The first kappa shape index (κ1) is 19.8. The van der Waals surface area contributed by atoms with Gasteiger partial charge in [-0.25, -0.2) is 4.98 Å². The van der Waals surface area contributed by atoms with Crippen molar-refractivity contribution in [2.45, 2.75) is 57.4 Å². The SMILES string of the molecule is COC[C@@]12CC[C@@H](N3CCOCC3)C[C@H]1CCN(c1ccc3c(n1)CCCC3)C2. The number of nitrogens with zero attached hydrogens (tertiary/aromatic N) is 3. The van der Waals surface area contributed by atoms with E-state index >= 15 is 0 Å². The van der Waals surface area contributed by atoms with Crippen LogP contribution in [0.2, 0.25) is 0 Å². The Balaban J connectivity index is 1.32. The quantitative estimate of drug-likeness (QED) is 0.777. The van der Waals surface area contributed by atoms with E-state index in [1.807, 2.05) is 7.11 Å². The molecule has 0 radical (unpaired) electrons. The number of morpholine rings is 1. The average molecular weight is 400 g/mol. The van der Waals surface area contributed by atoms with Gasteiger partial charge in [-0.05, 0) is 68.9 Å². The van der Waals surface area contributed by atoms with Crippen molar-refractivity contribution in [2.75, 3.05) is 58.0 Å². The minimum Gasteiger partial charge on any atom is -0.384 e. The predicted molar refractivity (Wildman–Crippen MR) is 116 cm³/mol. The summed E-state index contributed by atoms with van der Waals surface area (Å²) in [6.45, 7) is 7.16. The summed E-state index contributed by atoms with van der Waals surface area (Å²) >= 11 is 0. The van der Waals surface area contributed by atoms with Gasteiger partial charge in [-0.3, -0.25) is 4.90 Å². The molecule has 0 unspecified atom stereocenters. The van der Waals surface area contributed by atoms with Crippen molar-refractivity contribution in [2.24, 2.45) is 11.3 Å². The topological polar surface area (TPSA) is 37.8 Å². The van der Waals surface area contributed by atoms with Gasteiger partial charge in [-0.15, -0.1) is 0 Å². The fourth-order valence-corrected chi connectivity index (χ4v) is 6.50. The second kappa shape index (κ2) is 8.52. The van der Waals surface area contributed by atoms with Crippen molar-refractivity contribution >= 4 is 5.82 Å². The Bertz CT molecular complexity index is 705. The van der Waals surface area contributed by atoms with Gasteiger partial charge in [0.05, 0.1) is 19.8 Å². The predicted octanol–water partition coefficient (Wildman–Crippen LogP) is 3.30. The summed E-state index contributed by atoms with van der Waals surface area (Å²) in [6.07, 6.45) is 10.1. The fourth-order valence-electron chi connectivity index (χ4n) is 6.50. The fraction of sp³-hybridized carbons (Fsp3) is 0.792. The lowest BCUT2D eigenvalue weighted by atomic mass is 9.62. The number of piperidine rings is 1. The maximum atomic E-state index is 5.82. The van der Waals surface area contributed by atoms with Crippen molar-refractivity contribution in [3.05, 3.63) is 23.4 Å². The van der Waals surface area contributed by atoms with Crippen LogP contribution in [0.15, 0.2) is 12.1 Å². The Kier molecular flexibility index (Phi) is 5.81. The lowest BCUT2D eigenvalue weighted by molar-refractivity contribution is -0.0540. The second-order valence-corrected chi connectivity index (χ2v) is 9.76. The Labute approximate surface area is 175 Å². The number of anilines is 1. The molecule has 0 aromatic carbocycles. The maximum absolute atomic E-state index is 5.82. The van der Waals surface area contributed by atoms with Gasteiger partial charge < -0.3 is 14.4 Å². The number of ether oxygens (including phenoxy) is 2. The van der Waals surface area contributed by atoms with Crippen LogP contribution in [-0.2, 0) is 22.3 Å². The minimum absolute atomic E-state index is 0.285. The van der Waals surface area contributed by atoms with Crippen LogP contribution in [0.1, 0.15) is 49.8 Å². The molecule has 1 aromatic heterocycles. The molecule has 4 aliphatic rings. The zero-order valence-electron chi connectivity index (χ0n) is 18.1. The molecule has 3 heterocycles. The number of pyridine rings is 1. The minimum atomic E-state index is 0.285. The number of rotatable bonds is 4. The van der Waals surface area contributed by atoms with Crippen LogP contribution in [-0.4, -0.2) is 69.0 Å². The van der Waals surface area contributed by atoms with E-state index in [1.165, 1.54) is 62.0 Å². The van der Waals surface area contributed by atoms with Crippen molar-refractivity contribution < 1.29 is 9.47 Å². The van der Waals surface area contributed by atoms with Crippen molar-refractivity contribution in [1.29, 1.82) is 0 Å². The van der Waals surface area contributed by atoms with E-state index < -0.39 is 0 Å². The van der Waals surface area contributed by atoms with E-state index in [4.69, 9.17) is 14.5 Å². The molecule has 5 heteroatoms. The molecule has 0 N–H and O–H groups in total. The number of aryl methyl sites for hydroxylation is 2. The molecule has 5 nitrogen and oxygen atoms in total. The standard InChI is InChI=1S/C24H37N3O2/c1-28-18-24-10-8-21(26-12-14-29-15-13-26)16-20(24)9-11-27(17-24)23-7-6-19-4-2-3-5-22(19)25-23/h6-7,20-21H,2-5,8-18H2,1H3/t20-,21-,24+/m1/s1. The number of methoxy groups -OCH3 is 1. The molecule has 2 saturated heterocycles. The summed E-state index contributed by atoms with van der Waals surface area (Å²) in [5.74, 6) is 1.97. The van der Waals surface area contributed by atoms with Gasteiger partial charge in [0.2, 0.25) is 0 Å². The van der Waals surface area contributed by atoms with Gasteiger partial charge in [-0.1, -0.05) is 6.07 Å². The highest BCUT2D eigenvalue weighted by atomic mass is 16.5. The molecule has 29 heavy (non-hydrogen) atoms. The van der Waals surface area contributed by atoms with Gasteiger partial charge in [-0.2, -0.15) is 0 Å². The molecule has 160 valence electrons. The third-order valence-electron chi connectivity index (χ3n) is 8.13. The molecule has 5 rings (SSSR count). The molecular formula is C24H37N3O2. The smallest absolute Gasteiger partial charge is 0.128 e. The Morgan fingerprint density at radius 2 is 2.00 bits per heavy atom. The zero-order chi connectivity index (χ0) is 19.7. The lowest BCUT2D eigenvalue weighted by Gasteiger charge is -2.54. The van der Waals surface area contributed by atoms with Crippen molar-refractivity contribution in [3.8, 4) is 0 Å². The molecule has 0 spiro atoms. The Hall–Kier alpha value is -1.17. The average Bonchev–Trinajstić information content (AvgIpc) is 2.79. The van der Waals surface area contributed by atoms with Gasteiger partial charge in [0.25, 0.3) is 0 Å². The van der Waals surface area contributed by atoms with E-state index in [-0.39, 0.29) is 5.41 Å². The molecule has 0 bridgehead atoms. The van der Waals surface area contributed by atoms with Crippen LogP contribution in [0, 0.1) is 11.3 Å². The molecule has 3 fully saturated rings. The second-order valence-electron chi connectivity index (χ2n) is 9.76. The third kappa shape index (κ3) is 3.94. The summed E-state index contributed by atoms with van der Waals surface area (Å²) < 4.78 is 11.4. The van der Waals surface area contributed by atoms with Gasteiger partial charge in [0.15, 0.2) is 0 Å². The molecular weight excluding hydrogens is 362 g/mol. The summed E-state index contributed by atoms with van der Waals surface area (Å²) in [6, 6.07) is 5.37. The summed E-state index contributed by atoms with van der Waals surface area (Å²) in [4.78, 5) is 10.4. The third-order valence-corrected chi connectivity index (χ3v) is 8.13. The summed E-state index contributed by atoms with van der Waals surface area (Å²) in [7, 11) is 1.88. The van der Waals surface area contributed by atoms with E-state index in [0.717, 1.165) is 64.4 Å². The van der Waals surface area contributed by atoms with Crippen LogP contribution in [0.3, 0.4) is 0 Å². The first-order valence-electron chi connectivity index (χ1n) is 11.8.